The van der Waals surface area contributed by atoms with E-state index in [9.17, 15) is 10.2 Å². The molecule has 7 heteroatoms. The van der Waals surface area contributed by atoms with Crippen molar-refractivity contribution < 1.29 is 33.9 Å². The Morgan fingerprint density at radius 3 is 2.19 bits per heavy atom. The van der Waals surface area contributed by atoms with Gasteiger partial charge >= 0.3 is 0 Å². The fraction of sp³-hybridized carbons (Fsp3) is 0.368. The molecule has 0 aromatic heterocycles. The maximum Gasteiger partial charge on any atom is 0.231 e. The standard InChI is InChI=1S/C19H20O7/c1-9-17(10-4-15(22-2)18(20)16(5-10)23-3)11-6-13-14(25-8-24-13)7-12(11)26-19(9)21/h4-7,9,17,19-21H,8H2,1-3H3. The molecule has 3 atom stereocenters. The van der Waals surface area contributed by atoms with E-state index in [1.807, 2.05) is 13.0 Å². The molecule has 3 unspecified atom stereocenters. The van der Waals surface area contributed by atoms with Gasteiger partial charge in [-0.2, -0.15) is 0 Å². The van der Waals surface area contributed by atoms with Crippen molar-refractivity contribution in [3.05, 3.63) is 35.4 Å². The molecule has 2 aliphatic rings. The minimum atomic E-state index is -0.987. The molecule has 0 fully saturated rings. The summed E-state index contributed by atoms with van der Waals surface area (Å²) in [6, 6.07) is 7.09. The first-order valence-electron chi connectivity index (χ1n) is 8.26. The second-order valence-electron chi connectivity index (χ2n) is 6.36. The highest BCUT2D eigenvalue weighted by molar-refractivity contribution is 5.59. The average Bonchev–Trinajstić information content (AvgIpc) is 3.09. The molecule has 0 spiro atoms. The molecule has 2 N–H and O–H groups in total. The van der Waals surface area contributed by atoms with Crippen molar-refractivity contribution >= 4 is 0 Å². The Kier molecular flexibility index (Phi) is 3.96. The van der Waals surface area contributed by atoms with Crippen molar-refractivity contribution in [2.75, 3.05) is 21.0 Å². The van der Waals surface area contributed by atoms with E-state index in [-0.39, 0.29) is 24.4 Å². The molecule has 0 saturated heterocycles. The Hall–Kier alpha value is -2.80. The number of phenols is 1. The van der Waals surface area contributed by atoms with Crippen molar-refractivity contribution in [1.29, 1.82) is 0 Å². The monoisotopic (exact) mass is 360 g/mol. The molecule has 26 heavy (non-hydrogen) atoms. The van der Waals surface area contributed by atoms with Gasteiger partial charge in [-0.3, -0.25) is 0 Å². The summed E-state index contributed by atoms with van der Waals surface area (Å²) in [5.41, 5.74) is 1.69. The van der Waals surface area contributed by atoms with Gasteiger partial charge in [-0.15, -0.1) is 0 Å². The van der Waals surface area contributed by atoms with Gasteiger partial charge in [0.1, 0.15) is 5.75 Å². The first kappa shape index (κ1) is 16.7. The van der Waals surface area contributed by atoms with Gasteiger partial charge in [0.05, 0.1) is 14.2 Å². The summed E-state index contributed by atoms with van der Waals surface area (Å²) in [4.78, 5) is 0. The minimum absolute atomic E-state index is 0.0649. The van der Waals surface area contributed by atoms with Crippen molar-refractivity contribution in [3.63, 3.8) is 0 Å². The molecule has 0 radical (unpaired) electrons. The van der Waals surface area contributed by atoms with E-state index in [1.165, 1.54) is 14.2 Å². The third kappa shape index (κ3) is 2.47. The first-order chi connectivity index (χ1) is 12.5. The van der Waals surface area contributed by atoms with Crippen LogP contribution in [0.15, 0.2) is 24.3 Å². The predicted molar refractivity (Wildman–Crippen MR) is 91.4 cm³/mol. The van der Waals surface area contributed by atoms with E-state index < -0.39 is 6.29 Å². The summed E-state index contributed by atoms with van der Waals surface area (Å²) in [5.74, 6) is 1.84. The second kappa shape index (κ2) is 6.17. The number of hydrogen-bond acceptors (Lipinski definition) is 7. The van der Waals surface area contributed by atoms with Crippen molar-refractivity contribution in [3.8, 4) is 34.5 Å². The highest BCUT2D eigenvalue weighted by Gasteiger charge is 2.38. The summed E-state index contributed by atoms with van der Waals surface area (Å²) >= 11 is 0. The Morgan fingerprint density at radius 2 is 1.58 bits per heavy atom. The van der Waals surface area contributed by atoms with Gasteiger partial charge in [0, 0.05) is 23.5 Å². The zero-order chi connectivity index (χ0) is 18.4. The summed E-state index contributed by atoms with van der Waals surface area (Å²) in [7, 11) is 2.96. The predicted octanol–water partition coefficient (Wildman–Crippen LogP) is 2.62. The Bertz CT molecular complexity index is 823. The Labute approximate surface area is 150 Å². The zero-order valence-corrected chi connectivity index (χ0v) is 14.7. The lowest BCUT2D eigenvalue weighted by atomic mass is 9.79. The number of hydrogen-bond donors (Lipinski definition) is 2. The molecular formula is C19H20O7. The van der Waals surface area contributed by atoms with Crippen LogP contribution in [0.4, 0.5) is 0 Å². The van der Waals surface area contributed by atoms with Gasteiger partial charge in [-0.1, -0.05) is 6.92 Å². The van der Waals surface area contributed by atoms with Crippen LogP contribution < -0.4 is 23.7 Å². The van der Waals surface area contributed by atoms with E-state index >= 15 is 0 Å². The number of ether oxygens (including phenoxy) is 5. The lowest BCUT2D eigenvalue weighted by Crippen LogP contribution is -2.34. The number of phenolic OH excluding ortho intramolecular Hbond substituents is 1. The summed E-state index contributed by atoms with van der Waals surface area (Å²) in [6.07, 6.45) is -0.987. The molecule has 7 nitrogen and oxygen atoms in total. The maximum absolute atomic E-state index is 10.4. The van der Waals surface area contributed by atoms with Gasteiger partial charge in [0.2, 0.25) is 18.8 Å². The van der Waals surface area contributed by atoms with Crippen molar-refractivity contribution in [2.24, 2.45) is 5.92 Å². The van der Waals surface area contributed by atoms with Crippen LogP contribution >= 0.6 is 0 Å². The Balaban J connectivity index is 1.89. The molecule has 2 heterocycles. The summed E-state index contributed by atoms with van der Waals surface area (Å²) < 4.78 is 27.1. The number of benzene rings is 2. The van der Waals surface area contributed by atoms with E-state index in [0.717, 1.165) is 11.1 Å². The van der Waals surface area contributed by atoms with Gasteiger partial charge in [-0.25, -0.2) is 0 Å². The number of aliphatic hydroxyl groups excluding tert-OH is 1. The molecule has 2 aliphatic heterocycles. The van der Waals surface area contributed by atoms with Crippen LogP contribution in [-0.2, 0) is 0 Å². The molecule has 2 aromatic carbocycles. The van der Waals surface area contributed by atoms with Gasteiger partial charge < -0.3 is 33.9 Å². The Morgan fingerprint density at radius 1 is 0.962 bits per heavy atom. The highest BCUT2D eigenvalue weighted by Crippen LogP contribution is 2.50. The highest BCUT2D eigenvalue weighted by atomic mass is 16.7. The normalized spacial score (nSPS) is 23.2. The number of aliphatic hydroxyl groups is 1. The van der Waals surface area contributed by atoms with Crippen LogP contribution in [0.3, 0.4) is 0 Å². The first-order valence-corrected chi connectivity index (χ1v) is 8.26. The van der Waals surface area contributed by atoms with Crippen LogP contribution in [0.25, 0.3) is 0 Å². The topological polar surface area (TPSA) is 86.6 Å². The largest absolute Gasteiger partial charge is 0.502 e. The van der Waals surface area contributed by atoms with Crippen LogP contribution in [0.2, 0.25) is 0 Å². The van der Waals surface area contributed by atoms with E-state index in [4.69, 9.17) is 23.7 Å². The van der Waals surface area contributed by atoms with E-state index in [1.54, 1.807) is 18.2 Å². The number of aromatic hydroxyl groups is 1. The average molecular weight is 360 g/mol. The number of fused-ring (bicyclic) bond motifs is 2. The quantitative estimate of drug-likeness (QED) is 0.870. The lowest BCUT2D eigenvalue weighted by molar-refractivity contribution is -0.0729. The van der Waals surface area contributed by atoms with Crippen LogP contribution in [-0.4, -0.2) is 37.5 Å². The van der Waals surface area contributed by atoms with Crippen molar-refractivity contribution in [2.45, 2.75) is 19.1 Å². The summed E-state index contributed by atoms with van der Waals surface area (Å²) in [6.45, 7) is 2.05. The number of rotatable bonds is 3. The second-order valence-corrected chi connectivity index (χ2v) is 6.36. The van der Waals surface area contributed by atoms with Crippen LogP contribution in [0.1, 0.15) is 24.0 Å². The SMILES string of the molecule is COc1cc(C2c3cc4c(cc3OC(O)C2C)OCO4)cc(OC)c1O. The van der Waals surface area contributed by atoms with E-state index in [2.05, 4.69) is 0 Å². The lowest BCUT2D eigenvalue weighted by Gasteiger charge is -2.35. The molecule has 138 valence electrons. The fourth-order valence-electron chi connectivity index (χ4n) is 3.55. The van der Waals surface area contributed by atoms with Crippen LogP contribution in [0, 0.1) is 5.92 Å². The third-order valence-corrected chi connectivity index (χ3v) is 4.92. The van der Waals surface area contributed by atoms with E-state index in [0.29, 0.717) is 28.7 Å². The minimum Gasteiger partial charge on any atom is -0.502 e. The molecule has 0 saturated carbocycles. The van der Waals surface area contributed by atoms with Gasteiger partial charge in [-0.05, 0) is 23.8 Å². The zero-order valence-electron chi connectivity index (χ0n) is 14.7. The van der Waals surface area contributed by atoms with Crippen molar-refractivity contribution in [1.82, 2.24) is 0 Å². The van der Waals surface area contributed by atoms with Gasteiger partial charge in [0.25, 0.3) is 0 Å². The van der Waals surface area contributed by atoms with Gasteiger partial charge in [0.15, 0.2) is 23.0 Å². The molecule has 2 aromatic rings. The molecule has 0 amide bonds. The third-order valence-electron chi connectivity index (χ3n) is 4.92. The maximum atomic E-state index is 10.4. The number of methoxy groups -OCH3 is 2. The smallest absolute Gasteiger partial charge is 0.231 e. The molecule has 0 bridgehead atoms. The molecule has 0 aliphatic carbocycles. The summed E-state index contributed by atoms with van der Waals surface area (Å²) in [5, 5.41) is 20.6. The fourth-order valence-corrected chi connectivity index (χ4v) is 3.55. The molecule has 4 rings (SSSR count). The van der Waals surface area contributed by atoms with Crippen LogP contribution in [0.5, 0.6) is 34.5 Å². The molecular weight excluding hydrogens is 340 g/mol.